The maximum absolute atomic E-state index is 12.2. The summed E-state index contributed by atoms with van der Waals surface area (Å²) in [5.74, 6) is -0.234. The molecule has 5 heteroatoms. The van der Waals surface area contributed by atoms with Crippen molar-refractivity contribution in [1.29, 1.82) is 0 Å². The van der Waals surface area contributed by atoms with Crippen molar-refractivity contribution in [3.8, 4) is 0 Å². The van der Waals surface area contributed by atoms with E-state index >= 15 is 0 Å². The maximum atomic E-state index is 12.2. The number of ether oxygens (including phenoxy) is 2. The molecule has 1 rings (SSSR count). The number of esters is 1. The van der Waals surface area contributed by atoms with Crippen molar-refractivity contribution >= 4 is 12.1 Å². The molecule has 1 aliphatic rings. The molecule has 1 aliphatic carbocycles. The summed E-state index contributed by atoms with van der Waals surface area (Å²) in [5, 5.41) is 2.97. The zero-order valence-electron chi connectivity index (χ0n) is 14.5. The van der Waals surface area contributed by atoms with Crippen LogP contribution in [0.2, 0.25) is 0 Å². The molecular weight excluding hydrogens is 270 g/mol. The Labute approximate surface area is 127 Å². The second-order valence-corrected chi connectivity index (χ2v) is 7.91. The fraction of sp³-hybridized carbons (Fsp3) is 0.875. The SMILES string of the molecule is COC(=O)[C@]1(C)CC[C@](C)(NC(=O)OC(C)(C)C)C1(C)C. The molecule has 0 unspecified atom stereocenters. The Kier molecular flexibility index (Phi) is 4.39. The third kappa shape index (κ3) is 3.01. The number of carbonyl (C=O) groups is 2. The minimum atomic E-state index is -0.633. The second-order valence-electron chi connectivity index (χ2n) is 7.91. The van der Waals surface area contributed by atoms with Crippen LogP contribution >= 0.6 is 0 Å². The minimum Gasteiger partial charge on any atom is -0.469 e. The van der Waals surface area contributed by atoms with Crippen LogP contribution in [0.4, 0.5) is 4.79 Å². The van der Waals surface area contributed by atoms with Crippen molar-refractivity contribution in [2.75, 3.05) is 7.11 Å². The number of amides is 1. The lowest BCUT2D eigenvalue weighted by molar-refractivity contribution is -0.159. The lowest BCUT2D eigenvalue weighted by Crippen LogP contribution is -2.58. The van der Waals surface area contributed by atoms with Crippen LogP contribution in [-0.2, 0) is 14.3 Å². The van der Waals surface area contributed by atoms with Gasteiger partial charge in [-0.2, -0.15) is 0 Å². The molecule has 1 N–H and O–H groups in total. The standard InChI is InChI=1S/C16H29NO4/c1-13(2,3)21-12(19)17-16(7)10-9-15(6,11(18)20-8)14(16,4)5/h9-10H2,1-8H3,(H,17,19)/t15-,16-/m0/s1. The van der Waals surface area contributed by atoms with Crippen molar-refractivity contribution in [3.05, 3.63) is 0 Å². The van der Waals surface area contributed by atoms with Crippen molar-refractivity contribution in [2.24, 2.45) is 10.8 Å². The molecule has 2 atom stereocenters. The highest BCUT2D eigenvalue weighted by molar-refractivity contribution is 5.79. The van der Waals surface area contributed by atoms with Gasteiger partial charge >= 0.3 is 12.1 Å². The van der Waals surface area contributed by atoms with E-state index < -0.39 is 28.1 Å². The third-order valence-electron chi connectivity index (χ3n) is 5.30. The molecule has 0 aromatic heterocycles. The van der Waals surface area contributed by atoms with E-state index in [0.29, 0.717) is 12.8 Å². The molecule has 0 spiro atoms. The van der Waals surface area contributed by atoms with Crippen LogP contribution in [0.5, 0.6) is 0 Å². The second kappa shape index (κ2) is 5.18. The van der Waals surface area contributed by atoms with Crippen LogP contribution in [0.3, 0.4) is 0 Å². The van der Waals surface area contributed by atoms with Gasteiger partial charge in [0.1, 0.15) is 5.60 Å². The monoisotopic (exact) mass is 299 g/mol. The summed E-state index contributed by atoms with van der Waals surface area (Å²) in [6.45, 7) is 13.3. The first-order valence-electron chi connectivity index (χ1n) is 7.39. The van der Waals surface area contributed by atoms with Gasteiger partial charge < -0.3 is 14.8 Å². The summed E-state index contributed by atoms with van der Waals surface area (Å²) < 4.78 is 10.3. The van der Waals surface area contributed by atoms with Crippen LogP contribution in [0, 0.1) is 10.8 Å². The van der Waals surface area contributed by atoms with E-state index in [1.54, 1.807) is 0 Å². The fourth-order valence-corrected chi connectivity index (χ4v) is 3.06. The number of hydrogen-bond donors (Lipinski definition) is 1. The van der Waals surface area contributed by atoms with Gasteiger partial charge in [-0.05, 0) is 47.5 Å². The summed E-state index contributed by atoms with van der Waals surface area (Å²) in [6, 6.07) is 0. The molecule has 1 fully saturated rings. The van der Waals surface area contributed by atoms with Gasteiger partial charge in [-0.15, -0.1) is 0 Å². The van der Waals surface area contributed by atoms with Crippen LogP contribution in [0.1, 0.15) is 61.3 Å². The first-order valence-corrected chi connectivity index (χ1v) is 7.39. The van der Waals surface area contributed by atoms with E-state index in [9.17, 15) is 9.59 Å². The van der Waals surface area contributed by atoms with Gasteiger partial charge in [0.25, 0.3) is 0 Å². The van der Waals surface area contributed by atoms with Gasteiger partial charge in [-0.25, -0.2) is 4.79 Å². The molecule has 0 heterocycles. The highest BCUT2D eigenvalue weighted by atomic mass is 16.6. The van der Waals surface area contributed by atoms with Gasteiger partial charge in [0, 0.05) is 11.0 Å². The maximum Gasteiger partial charge on any atom is 0.408 e. The molecular formula is C16H29NO4. The Morgan fingerprint density at radius 2 is 1.57 bits per heavy atom. The number of rotatable bonds is 2. The zero-order valence-corrected chi connectivity index (χ0v) is 14.5. The van der Waals surface area contributed by atoms with Gasteiger partial charge in [0.05, 0.1) is 12.5 Å². The van der Waals surface area contributed by atoms with E-state index in [1.807, 2.05) is 48.5 Å². The van der Waals surface area contributed by atoms with Gasteiger partial charge in [0.15, 0.2) is 0 Å². The van der Waals surface area contributed by atoms with E-state index in [1.165, 1.54) is 7.11 Å². The van der Waals surface area contributed by atoms with E-state index in [0.717, 1.165) is 0 Å². The molecule has 122 valence electrons. The lowest BCUT2D eigenvalue weighted by atomic mass is 9.63. The Hall–Kier alpha value is -1.26. The Balaban J connectivity index is 2.98. The smallest absolute Gasteiger partial charge is 0.408 e. The summed E-state index contributed by atoms with van der Waals surface area (Å²) in [5.41, 5.74) is -2.16. The molecule has 0 saturated heterocycles. The number of hydrogen-bond acceptors (Lipinski definition) is 4. The molecule has 0 aromatic carbocycles. The van der Waals surface area contributed by atoms with Gasteiger partial charge in [-0.3, -0.25) is 4.79 Å². The highest BCUT2D eigenvalue weighted by Crippen LogP contribution is 2.58. The summed E-state index contributed by atoms with van der Waals surface area (Å²) >= 11 is 0. The molecule has 5 nitrogen and oxygen atoms in total. The molecule has 1 amide bonds. The minimum absolute atomic E-state index is 0.234. The van der Waals surface area contributed by atoms with Crippen LogP contribution in [0.15, 0.2) is 0 Å². The zero-order chi connectivity index (χ0) is 16.7. The molecule has 21 heavy (non-hydrogen) atoms. The summed E-state index contributed by atoms with van der Waals surface area (Å²) in [6.07, 6.45) is 0.913. The first-order chi connectivity index (χ1) is 9.29. The fourth-order valence-electron chi connectivity index (χ4n) is 3.06. The van der Waals surface area contributed by atoms with E-state index in [2.05, 4.69) is 5.32 Å². The Morgan fingerprint density at radius 1 is 1.05 bits per heavy atom. The topological polar surface area (TPSA) is 64.6 Å². The van der Waals surface area contributed by atoms with E-state index in [4.69, 9.17) is 9.47 Å². The van der Waals surface area contributed by atoms with Crippen molar-refractivity contribution < 1.29 is 19.1 Å². The first kappa shape index (κ1) is 17.8. The molecule has 0 bridgehead atoms. The normalized spacial score (nSPS) is 31.6. The molecule has 0 aromatic rings. The predicted octanol–water partition coefficient (Wildman–Crippen LogP) is 3.27. The Bertz CT molecular complexity index is 438. The van der Waals surface area contributed by atoms with Gasteiger partial charge in [0.2, 0.25) is 0 Å². The number of carbonyl (C=O) groups excluding carboxylic acids is 2. The summed E-state index contributed by atoms with van der Waals surface area (Å²) in [7, 11) is 1.40. The number of alkyl carbamates (subject to hydrolysis) is 1. The highest BCUT2D eigenvalue weighted by Gasteiger charge is 2.63. The third-order valence-corrected chi connectivity index (χ3v) is 5.30. The van der Waals surface area contributed by atoms with Crippen LogP contribution < -0.4 is 5.32 Å². The average Bonchev–Trinajstić information content (AvgIpc) is 2.47. The number of nitrogens with one attached hydrogen (secondary N) is 1. The lowest BCUT2D eigenvalue weighted by Gasteiger charge is -2.45. The predicted molar refractivity (Wildman–Crippen MR) is 80.9 cm³/mol. The Morgan fingerprint density at radius 3 is 2.00 bits per heavy atom. The van der Waals surface area contributed by atoms with Crippen LogP contribution in [0.25, 0.3) is 0 Å². The van der Waals surface area contributed by atoms with Gasteiger partial charge in [-0.1, -0.05) is 13.8 Å². The summed E-state index contributed by atoms with van der Waals surface area (Å²) in [4.78, 5) is 24.3. The number of methoxy groups -OCH3 is 1. The van der Waals surface area contributed by atoms with Crippen molar-refractivity contribution in [1.82, 2.24) is 5.32 Å². The average molecular weight is 299 g/mol. The van der Waals surface area contributed by atoms with Crippen LogP contribution in [-0.4, -0.2) is 30.3 Å². The molecule has 1 saturated carbocycles. The largest absolute Gasteiger partial charge is 0.469 e. The van der Waals surface area contributed by atoms with Crippen molar-refractivity contribution in [3.63, 3.8) is 0 Å². The van der Waals surface area contributed by atoms with E-state index in [-0.39, 0.29) is 5.97 Å². The molecule has 0 radical (unpaired) electrons. The quantitative estimate of drug-likeness (QED) is 0.795. The van der Waals surface area contributed by atoms with Crippen molar-refractivity contribution in [2.45, 2.75) is 72.4 Å². The molecule has 0 aliphatic heterocycles.